The van der Waals surface area contributed by atoms with Gasteiger partial charge in [-0.05, 0) is 26.0 Å². The summed E-state index contributed by atoms with van der Waals surface area (Å²) in [5.74, 6) is 0. The predicted octanol–water partition coefficient (Wildman–Crippen LogP) is 4.65. The van der Waals surface area contributed by atoms with E-state index in [0.29, 0.717) is 5.02 Å². The van der Waals surface area contributed by atoms with Crippen molar-refractivity contribution in [2.24, 2.45) is 0 Å². The lowest BCUT2D eigenvalue weighted by molar-refractivity contribution is 0.202. The van der Waals surface area contributed by atoms with Crippen LogP contribution in [0.25, 0.3) is 16.2 Å². The Kier molecular flexibility index (Phi) is 4.15. The van der Waals surface area contributed by atoms with Crippen LogP contribution in [0.4, 0.5) is 0 Å². The quantitative estimate of drug-likeness (QED) is 0.552. The average Bonchev–Trinajstić information content (AvgIpc) is 2.99. The molecule has 0 aliphatic heterocycles. The van der Waals surface area contributed by atoms with E-state index < -0.39 is 6.10 Å². The minimum absolute atomic E-state index is 0.550. The topological polar surface area (TPSA) is 61.3 Å². The Bertz CT molecular complexity index is 875. The molecule has 4 nitrogen and oxygen atoms in total. The lowest BCUT2D eigenvalue weighted by Gasteiger charge is -2.04. The summed E-state index contributed by atoms with van der Waals surface area (Å²) in [5, 5.41) is 22.5. The molecule has 1 atom stereocenters. The number of thioether (sulfide) groups is 1. The maximum absolute atomic E-state index is 9.84. The number of halogens is 1. The molecule has 22 heavy (non-hydrogen) atoms. The molecule has 2 heterocycles. The number of rotatable bonds is 3. The molecule has 0 bridgehead atoms. The van der Waals surface area contributed by atoms with Crippen LogP contribution in [0.1, 0.15) is 23.6 Å². The van der Waals surface area contributed by atoms with Gasteiger partial charge in [0.05, 0.1) is 11.0 Å². The third-order valence-corrected chi connectivity index (χ3v) is 5.56. The number of thiazole rings is 1. The smallest absolute Gasteiger partial charge is 0.195 e. The SMILES string of the molecule is Cc1c(C(C)O)sc2nc(-c3ccc(Cl)cc3)c(SC#N)n12. The normalized spacial score (nSPS) is 12.5. The van der Waals surface area contributed by atoms with E-state index >= 15 is 0 Å². The standard InChI is InChI=1S/C15H12ClN3OS2/c1-8-13(9(2)20)22-15-18-12(14(19(8)15)21-7-17)10-3-5-11(16)6-4-10/h3-6,9,20H,1-2H3. The number of benzene rings is 1. The summed E-state index contributed by atoms with van der Waals surface area (Å²) in [6.45, 7) is 3.66. The number of hydrogen-bond donors (Lipinski definition) is 1. The van der Waals surface area contributed by atoms with Crippen LogP contribution in [0.15, 0.2) is 29.3 Å². The number of thiocyanates is 1. The number of aryl methyl sites for hydroxylation is 1. The summed E-state index contributed by atoms with van der Waals surface area (Å²) < 4.78 is 1.94. The first-order valence-corrected chi connectivity index (χ1v) is 8.55. The molecular weight excluding hydrogens is 338 g/mol. The average molecular weight is 350 g/mol. The van der Waals surface area contributed by atoms with Crippen LogP contribution in [-0.2, 0) is 0 Å². The van der Waals surface area contributed by atoms with Crippen molar-refractivity contribution in [1.29, 1.82) is 5.26 Å². The molecule has 0 radical (unpaired) electrons. The van der Waals surface area contributed by atoms with E-state index in [2.05, 4.69) is 10.4 Å². The van der Waals surface area contributed by atoms with Gasteiger partial charge < -0.3 is 5.11 Å². The minimum Gasteiger partial charge on any atom is -0.388 e. The maximum atomic E-state index is 9.84. The second-order valence-corrected chi connectivity index (χ2v) is 7.03. The van der Waals surface area contributed by atoms with Gasteiger partial charge in [-0.15, -0.1) is 0 Å². The predicted molar refractivity (Wildman–Crippen MR) is 90.4 cm³/mol. The Balaban J connectivity index is 2.25. The van der Waals surface area contributed by atoms with E-state index in [9.17, 15) is 5.11 Å². The third kappa shape index (κ3) is 2.50. The zero-order valence-electron chi connectivity index (χ0n) is 11.9. The first-order valence-electron chi connectivity index (χ1n) is 6.54. The molecular formula is C15H12ClN3OS2. The molecule has 7 heteroatoms. The van der Waals surface area contributed by atoms with E-state index in [-0.39, 0.29) is 0 Å². The van der Waals surface area contributed by atoms with E-state index in [0.717, 1.165) is 43.6 Å². The summed E-state index contributed by atoms with van der Waals surface area (Å²) in [7, 11) is 0. The van der Waals surface area contributed by atoms with Crippen LogP contribution in [0, 0.1) is 17.6 Å². The number of aliphatic hydroxyl groups is 1. The molecule has 1 unspecified atom stereocenters. The van der Waals surface area contributed by atoms with Gasteiger partial charge in [0.1, 0.15) is 16.1 Å². The van der Waals surface area contributed by atoms with Crippen LogP contribution >= 0.6 is 34.7 Å². The Labute approximate surface area is 141 Å². The summed E-state index contributed by atoms with van der Waals surface area (Å²) >= 11 is 8.45. The first-order chi connectivity index (χ1) is 10.5. The van der Waals surface area contributed by atoms with Crippen molar-refractivity contribution in [2.75, 3.05) is 0 Å². The number of aromatic nitrogens is 2. The van der Waals surface area contributed by atoms with Crippen molar-refractivity contribution in [3.8, 4) is 16.7 Å². The molecule has 1 N–H and O–H groups in total. The monoisotopic (exact) mass is 349 g/mol. The zero-order valence-corrected chi connectivity index (χ0v) is 14.3. The van der Waals surface area contributed by atoms with Crippen molar-refractivity contribution in [1.82, 2.24) is 9.38 Å². The highest BCUT2D eigenvalue weighted by molar-refractivity contribution is 8.03. The van der Waals surface area contributed by atoms with Crippen molar-refractivity contribution in [2.45, 2.75) is 25.0 Å². The van der Waals surface area contributed by atoms with Gasteiger partial charge in [0.25, 0.3) is 0 Å². The van der Waals surface area contributed by atoms with Gasteiger partial charge in [-0.2, -0.15) is 5.26 Å². The number of nitrogens with zero attached hydrogens (tertiary/aromatic N) is 3. The van der Waals surface area contributed by atoms with E-state index in [4.69, 9.17) is 16.9 Å². The van der Waals surface area contributed by atoms with Crippen LogP contribution in [0.3, 0.4) is 0 Å². The van der Waals surface area contributed by atoms with Crippen LogP contribution in [0.5, 0.6) is 0 Å². The molecule has 2 aromatic heterocycles. The molecule has 0 saturated heterocycles. The molecule has 0 aliphatic carbocycles. The summed E-state index contributed by atoms with van der Waals surface area (Å²) in [6.07, 6.45) is -0.550. The second kappa shape index (κ2) is 5.94. The molecule has 0 amide bonds. The maximum Gasteiger partial charge on any atom is 0.195 e. The molecule has 112 valence electrons. The fourth-order valence-corrected chi connectivity index (χ4v) is 4.26. The van der Waals surface area contributed by atoms with Crippen LogP contribution in [0.2, 0.25) is 5.02 Å². The minimum atomic E-state index is -0.550. The van der Waals surface area contributed by atoms with Crippen molar-refractivity contribution >= 4 is 39.7 Å². The lowest BCUT2D eigenvalue weighted by Crippen LogP contribution is -1.94. The number of imidazole rings is 1. The summed E-state index contributed by atoms with van der Waals surface area (Å²) in [5.41, 5.74) is 2.59. The highest BCUT2D eigenvalue weighted by Crippen LogP contribution is 2.38. The Hall–Kier alpha value is -1.52. The summed E-state index contributed by atoms with van der Waals surface area (Å²) in [4.78, 5) is 6.29. The van der Waals surface area contributed by atoms with Gasteiger partial charge in [0, 0.05) is 28.0 Å². The van der Waals surface area contributed by atoms with Gasteiger partial charge in [-0.3, -0.25) is 4.40 Å². The zero-order chi connectivity index (χ0) is 15.9. The summed E-state index contributed by atoms with van der Waals surface area (Å²) in [6, 6.07) is 7.39. The molecule has 0 saturated carbocycles. The fourth-order valence-electron chi connectivity index (χ4n) is 2.35. The van der Waals surface area contributed by atoms with Crippen molar-refractivity contribution in [3.05, 3.63) is 39.9 Å². The number of hydrogen-bond acceptors (Lipinski definition) is 5. The van der Waals surface area contributed by atoms with Crippen molar-refractivity contribution < 1.29 is 5.11 Å². The van der Waals surface area contributed by atoms with E-state index in [1.54, 1.807) is 19.1 Å². The fraction of sp³-hybridized carbons (Fsp3) is 0.200. The first kappa shape index (κ1) is 15.4. The van der Waals surface area contributed by atoms with Gasteiger partial charge in [-0.25, -0.2) is 4.98 Å². The van der Waals surface area contributed by atoms with Crippen molar-refractivity contribution in [3.63, 3.8) is 0 Å². The molecule has 0 aliphatic rings. The van der Waals surface area contributed by atoms with Gasteiger partial charge in [0.15, 0.2) is 4.96 Å². The Morgan fingerprint density at radius 1 is 1.41 bits per heavy atom. The lowest BCUT2D eigenvalue weighted by atomic mass is 10.2. The van der Waals surface area contributed by atoms with Gasteiger partial charge >= 0.3 is 0 Å². The van der Waals surface area contributed by atoms with E-state index in [1.165, 1.54) is 11.3 Å². The van der Waals surface area contributed by atoms with E-state index in [1.807, 2.05) is 23.5 Å². The second-order valence-electron chi connectivity index (χ2n) is 4.81. The Morgan fingerprint density at radius 2 is 2.09 bits per heavy atom. The van der Waals surface area contributed by atoms with Crippen LogP contribution in [-0.4, -0.2) is 14.5 Å². The molecule has 3 rings (SSSR count). The van der Waals surface area contributed by atoms with Gasteiger partial charge in [0.2, 0.25) is 0 Å². The van der Waals surface area contributed by atoms with Crippen LogP contribution < -0.4 is 0 Å². The highest BCUT2D eigenvalue weighted by Gasteiger charge is 2.21. The van der Waals surface area contributed by atoms with Gasteiger partial charge in [-0.1, -0.05) is 35.1 Å². The molecule has 0 spiro atoms. The molecule has 1 aromatic carbocycles. The number of aliphatic hydroxyl groups excluding tert-OH is 1. The Morgan fingerprint density at radius 3 is 2.68 bits per heavy atom. The highest BCUT2D eigenvalue weighted by atomic mass is 35.5. The molecule has 3 aromatic rings. The number of fused-ring (bicyclic) bond motifs is 1. The third-order valence-electron chi connectivity index (χ3n) is 3.34. The number of nitriles is 1. The largest absolute Gasteiger partial charge is 0.388 e. The molecule has 0 fully saturated rings.